The van der Waals surface area contributed by atoms with E-state index in [-0.39, 0.29) is 5.78 Å². The highest BCUT2D eigenvalue weighted by Gasteiger charge is 2.13. The maximum absolute atomic E-state index is 11.4. The normalized spacial score (nSPS) is 13.4. The number of benzene rings is 2. The summed E-state index contributed by atoms with van der Waals surface area (Å²) in [4.78, 5) is 11.4. The van der Waals surface area contributed by atoms with E-state index in [9.17, 15) is 4.79 Å². The van der Waals surface area contributed by atoms with E-state index < -0.39 is 0 Å². The van der Waals surface area contributed by atoms with Crippen LogP contribution < -0.4 is 0 Å². The third-order valence-electron chi connectivity index (χ3n) is 3.18. The molecule has 0 fully saturated rings. The topological polar surface area (TPSA) is 17.1 Å². The molecule has 0 aromatic heterocycles. The SMILES string of the molecule is O=C1[CH]c2cccc(Cc3ccccc3)c2C=C1. The van der Waals surface area contributed by atoms with Gasteiger partial charge in [-0.15, -0.1) is 0 Å². The molecule has 0 spiro atoms. The number of ketones is 1. The van der Waals surface area contributed by atoms with Crippen molar-refractivity contribution in [1.82, 2.24) is 0 Å². The molecule has 2 aromatic carbocycles. The van der Waals surface area contributed by atoms with Crippen LogP contribution in [0.25, 0.3) is 6.08 Å². The second-order valence-corrected chi connectivity index (χ2v) is 4.46. The van der Waals surface area contributed by atoms with Gasteiger partial charge in [0.2, 0.25) is 0 Å². The Kier molecular flexibility index (Phi) is 2.81. The minimum Gasteiger partial charge on any atom is -0.294 e. The predicted molar refractivity (Wildman–Crippen MR) is 73.1 cm³/mol. The first kappa shape index (κ1) is 11.0. The molecule has 1 radical (unpaired) electrons. The van der Waals surface area contributed by atoms with E-state index in [0.717, 1.165) is 12.0 Å². The summed E-state index contributed by atoms with van der Waals surface area (Å²) in [6, 6.07) is 16.5. The molecule has 1 heteroatoms. The summed E-state index contributed by atoms with van der Waals surface area (Å²) in [5.41, 5.74) is 4.74. The Morgan fingerprint density at radius 3 is 2.50 bits per heavy atom. The molecule has 1 aliphatic rings. The fourth-order valence-corrected chi connectivity index (χ4v) is 2.30. The molecule has 0 heterocycles. The molecule has 87 valence electrons. The number of fused-ring (bicyclic) bond motifs is 1. The summed E-state index contributed by atoms with van der Waals surface area (Å²) in [5, 5.41) is 0. The molecule has 0 saturated carbocycles. The van der Waals surface area contributed by atoms with E-state index in [2.05, 4.69) is 30.3 Å². The average molecular weight is 233 g/mol. The van der Waals surface area contributed by atoms with Gasteiger partial charge < -0.3 is 0 Å². The van der Waals surface area contributed by atoms with E-state index in [1.807, 2.05) is 24.3 Å². The molecule has 0 aliphatic heterocycles. The monoisotopic (exact) mass is 233 g/mol. The number of carbonyl (C=O) groups excluding carboxylic acids is 1. The van der Waals surface area contributed by atoms with Gasteiger partial charge in [-0.1, -0.05) is 54.6 Å². The molecule has 0 atom stereocenters. The van der Waals surface area contributed by atoms with Gasteiger partial charge in [-0.3, -0.25) is 4.79 Å². The average Bonchev–Trinajstić information content (AvgIpc) is 2.40. The van der Waals surface area contributed by atoms with E-state index >= 15 is 0 Å². The van der Waals surface area contributed by atoms with Crippen LogP contribution in [0.5, 0.6) is 0 Å². The van der Waals surface area contributed by atoms with Gasteiger partial charge >= 0.3 is 0 Å². The van der Waals surface area contributed by atoms with Crippen molar-refractivity contribution in [3.8, 4) is 0 Å². The van der Waals surface area contributed by atoms with Crippen LogP contribution in [0.2, 0.25) is 0 Å². The smallest absolute Gasteiger partial charge is 0.164 e. The maximum atomic E-state index is 11.4. The van der Waals surface area contributed by atoms with E-state index in [1.54, 1.807) is 12.5 Å². The van der Waals surface area contributed by atoms with Crippen LogP contribution in [0.4, 0.5) is 0 Å². The molecular weight excluding hydrogens is 220 g/mol. The van der Waals surface area contributed by atoms with Crippen LogP contribution in [-0.2, 0) is 11.2 Å². The first-order valence-corrected chi connectivity index (χ1v) is 6.05. The standard InChI is InChI=1S/C17H13O/c18-16-9-10-17-14(7-4-8-15(17)12-16)11-13-5-2-1-3-6-13/h1-10,12H,11H2. The fourth-order valence-electron chi connectivity index (χ4n) is 2.30. The highest BCUT2D eigenvalue weighted by Crippen LogP contribution is 2.24. The largest absolute Gasteiger partial charge is 0.294 e. The molecule has 1 aliphatic carbocycles. The Hall–Kier alpha value is -2.15. The van der Waals surface area contributed by atoms with Crippen molar-refractivity contribution >= 4 is 11.9 Å². The highest BCUT2D eigenvalue weighted by molar-refractivity contribution is 6.05. The molecule has 0 amide bonds. The summed E-state index contributed by atoms with van der Waals surface area (Å²) < 4.78 is 0. The summed E-state index contributed by atoms with van der Waals surface area (Å²) in [6.45, 7) is 0. The van der Waals surface area contributed by atoms with Crippen LogP contribution in [0, 0.1) is 6.42 Å². The number of carbonyl (C=O) groups is 1. The number of hydrogen-bond acceptors (Lipinski definition) is 1. The lowest BCUT2D eigenvalue weighted by molar-refractivity contribution is -0.111. The third kappa shape index (κ3) is 2.12. The van der Waals surface area contributed by atoms with Crippen LogP contribution in [-0.4, -0.2) is 5.78 Å². The van der Waals surface area contributed by atoms with Crippen LogP contribution in [0.1, 0.15) is 22.3 Å². The first-order valence-electron chi connectivity index (χ1n) is 6.05. The molecule has 0 unspecified atom stereocenters. The Morgan fingerprint density at radius 2 is 1.67 bits per heavy atom. The van der Waals surface area contributed by atoms with Gasteiger partial charge in [0.25, 0.3) is 0 Å². The Labute approximate surface area is 107 Å². The predicted octanol–water partition coefficient (Wildman–Crippen LogP) is 3.43. The van der Waals surface area contributed by atoms with Crippen molar-refractivity contribution < 1.29 is 4.79 Å². The zero-order valence-electron chi connectivity index (χ0n) is 9.97. The lowest BCUT2D eigenvalue weighted by Gasteiger charge is -2.14. The van der Waals surface area contributed by atoms with Gasteiger partial charge in [-0.05, 0) is 34.8 Å². The van der Waals surface area contributed by atoms with E-state index in [1.165, 1.54) is 16.7 Å². The van der Waals surface area contributed by atoms with Crippen molar-refractivity contribution in [3.63, 3.8) is 0 Å². The minimum absolute atomic E-state index is 0.0689. The van der Waals surface area contributed by atoms with Gasteiger partial charge in [0, 0.05) is 0 Å². The first-order chi connectivity index (χ1) is 8.83. The Balaban J connectivity index is 1.98. The zero-order valence-corrected chi connectivity index (χ0v) is 9.97. The molecule has 0 bridgehead atoms. The number of allylic oxidation sites excluding steroid dienone is 1. The minimum atomic E-state index is 0.0689. The fraction of sp³-hybridized carbons (Fsp3) is 0.0588. The number of rotatable bonds is 2. The van der Waals surface area contributed by atoms with Crippen molar-refractivity contribution in [1.29, 1.82) is 0 Å². The third-order valence-corrected chi connectivity index (χ3v) is 3.18. The van der Waals surface area contributed by atoms with Gasteiger partial charge in [0.05, 0.1) is 6.42 Å². The molecule has 0 saturated heterocycles. The summed E-state index contributed by atoms with van der Waals surface area (Å²) >= 11 is 0. The van der Waals surface area contributed by atoms with Crippen LogP contribution >= 0.6 is 0 Å². The molecule has 2 aromatic rings. The highest BCUT2D eigenvalue weighted by atomic mass is 16.1. The van der Waals surface area contributed by atoms with Gasteiger partial charge in [0.1, 0.15) is 0 Å². The molecule has 0 N–H and O–H groups in total. The van der Waals surface area contributed by atoms with Crippen molar-refractivity contribution in [3.05, 3.63) is 83.3 Å². The lowest BCUT2D eigenvalue weighted by atomic mass is 9.90. The van der Waals surface area contributed by atoms with E-state index in [4.69, 9.17) is 0 Å². The quantitative estimate of drug-likeness (QED) is 0.776. The van der Waals surface area contributed by atoms with Crippen molar-refractivity contribution in [2.24, 2.45) is 0 Å². The lowest BCUT2D eigenvalue weighted by Crippen LogP contribution is -2.05. The Morgan fingerprint density at radius 1 is 0.833 bits per heavy atom. The van der Waals surface area contributed by atoms with Gasteiger partial charge in [-0.2, -0.15) is 0 Å². The van der Waals surface area contributed by atoms with Crippen molar-refractivity contribution in [2.75, 3.05) is 0 Å². The van der Waals surface area contributed by atoms with Crippen LogP contribution in [0.15, 0.2) is 54.6 Å². The maximum Gasteiger partial charge on any atom is 0.164 e. The molecule has 3 rings (SSSR count). The van der Waals surface area contributed by atoms with E-state index in [0.29, 0.717) is 0 Å². The second kappa shape index (κ2) is 4.61. The van der Waals surface area contributed by atoms with Crippen LogP contribution in [0.3, 0.4) is 0 Å². The van der Waals surface area contributed by atoms with Gasteiger partial charge in [-0.25, -0.2) is 0 Å². The summed E-state index contributed by atoms with van der Waals surface area (Å²) in [5.74, 6) is 0.0689. The number of hydrogen-bond donors (Lipinski definition) is 0. The summed E-state index contributed by atoms with van der Waals surface area (Å²) in [7, 11) is 0. The molecular formula is C17H13O. The van der Waals surface area contributed by atoms with Gasteiger partial charge in [0.15, 0.2) is 5.78 Å². The molecule has 1 nitrogen and oxygen atoms in total. The Bertz CT molecular complexity index is 609. The zero-order chi connectivity index (χ0) is 12.4. The van der Waals surface area contributed by atoms with Crippen molar-refractivity contribution in [2.45, 2.75) is 6.42 Å². The molecule has 18 heavy (non-hydrogen) atoms. The second-order valence-electron chi connectivity index (χ2n) is 4.46. The summed E-state index contributed by atoms with van der Waals surface area (Å²) in [6.07, 6.45) is 6.16.